The Morgan fingerprint density at radius 3 is 2.27 bits per heavy atom. The summed E-state index contributed by atoms with van der Waals surface area (Å²) < 4.78 is 28.1. The molecule has 26 heavy (non-hydrogen) atoms. The Kier molecular flexibility index (Phi) is 5.78. The van der Waals surface area contributed by atoms with Gasteiger partial charge in [0.05, 0.1) is 17.3 Å². The normalized spacial score (nSPS) is 18.4. The van der Waals surface area contributed by atoms with Crippen molar-refractivity contribution in [3.8, 4) is 5.75 Å². The predicted octanol–water partition coefficient (Wildman–Crippen LogP) is 2.74. The lowest BCUT2D eigenvalue weighted by molar-refractivity contribution is -0.131. The van der Waals surface area contributed by atoms with Crippen molar-refractivity contribution in [2.45, 2.75) is 11.7 Å². The van der Waals surface area contributed by atoms with Crippen LogP contribution in [-0.4, -0.2) is 42.7 Å². The average Bonchev–Trinajstić information content (AvgIpc) is 3.00. The maximum atomic E-state index is 12.3. The number of ketones is 1. The van der Waals surface area contributed by atoms with Crippen molar-refractivity contribution < 1.29 is 22.7 Å². The molecule has 0 saturated carbocycles. The number of hydrogen-bond donors (Lipinski definition) is 0. The Morgan fingerprint density at radius 1 is 1.00 bits per heavy atom. The molecular weight excluding hydrogens is 372 g/mol. The molecule has 136 valence electrons. The molecule has 0 spiro atoms. The number of carbonyl (C=O) groups is 2. The first-order chi connectivity index (χ1) is 12.4. The molecule has 1 fully saturated rings. The third-order valence-electron chi connectivity index (χ3n) is 4.01. The number of rotatable bonds is 6. The van der Waals surface area contributed by atoms with Crippen molar-refractivity contribution in [3.63, 3.8) is 0 Å². The molecule has 0 radical (unpaired) electrons. The number of thioether (sulfide) groups is 1. The van der Waals surface area contributed by atoms with Crippen molar-refractivity contribution in [1.82, 2.24) is 0 Å². The second-order valence-corrected chi connectivity index (χ2v) is 9.55. The molecule has 1 saturated heterocycles. The highest BCUT2D eigenvalue weighted by atomic mass is 32.2. The first-order valence-electron chi connectivity index (χ1n) is 8.15. The Bertz CT molecular complexity index is 889. The highest BCUT2D eigenvalue weighted by Crippen LogP contribution is 2.24. The summed E-state index contributed by atoms with van der Waals surface area (Å²) in [4.78, 5) is 24.2. The van der Waals surface area contributed by atoms with E-state index in [1.54, 1.807) is 48.5 Å². The van der Waals surface area contributed by atoms with Crippen molar-refractivity contribution in [1.29, 1.82) is 0 Å². The molecule has 0 N–H and O–H groups in total. The lowest BCUT2D eigenvalue weighted by Gasteiger charge is -2.08. The minimum absolute atomic E-state index is 0.0431. The summed E-state index contributed by atoms with van der Waals surface area (Å²) in [6.07, 6.45) is 0.580. The van der Waals surface area contributed by atoms with Crippen LogP contribution in [0.15, 0.2) is 54.6 Å². The molecule has 3 rings (SSSR count). The van der Waals surface area contributed by atoms with Crippen molar-refractivity contribution in [2.24, 2.45) is 0 Å². The van der Waals surface area contributed by atoms with Gasteiger partial charge in [-0.15, -0.1) is 11.8 Å². The van der Waals surface area contributed by atoms with Gasteiger partial charge in [-0.1, -0.05) is 30.3 Å². The van der Waals surface area contributed by atoms with E-state index < -0.39 is 15.8 Å². The zero-order valence-corrected chi connectivity index (χ0v) is 15.6. The van der Waals surface area contributed by atoms with E-state index in [1.165, 1.54) is 11.8 Å². The third kappa shape index (κ3) is 4.95. The van der Waals surface area contributed by atoms with Gasteiger partial charge in [0.1, 0.15) is 5.75 Å². The van der Waals surface area contributed by atoms with Crippen LogP contribution in [0.2, 0.25) is 0 Å². The molecule has 0 amide bonds. The molecule has 0 unspecified atom stereocenters. The standard InChI is InChI=1S/C19H18O5S2/c20-18(12-25-17-10-11-26(22,23)13-17)24-16-8-6-15(7-9-16)19(21)14-4-2-1-3-5-14/h1-9,17H,10-13H2/t17-/m1/s1. The van der Waals surface area contributed by atoms with E-state index in [0.717, 1.165) is 0 Å². The molecule has 7 heteroatoms. The van der Waals surface area contributed by atoms with Crippen LogP contribution >= 0.6 is 11.8 Å². The molecule has 5 nitrogen and oxygen atoms in total. The molecule has 0 aliphatic carbocycles. The fraction of sp³-hybridized carbons (Fsp3) is 0.263. The van der Waals surface area contributed by atoms with Gasteiger partial charge >= 0.3 is 5.97 Å². The van der Waals surface area contributed by atoms with Crippen LogP contribution in [0.25, 0.3) is 0 Å². The van der Waals surface area contributed by atoms with Gasteiger partial charge in [0.15, 0.2) is 15.6 Å². The van der Waals surface area contributed by atoms with Crippen LogP contribution < -0.4 is 4.74 Å². The number of sulfone groups is 1. The maximum absolute atomic E-state index is 12.3. The Morgan fingerprint density at radius 2 is 1.65 bits per heavy atom. The molecule has 0 bridgehead atoms. The Labute approximate surface area is 156 Å². The van der Waals surface area contributed by atoms with E-state index in [-0.39, 0.29) is 28.3 Å². The van der Waals surface area contributed by atoms with Crippen molar-refractivity contribution in [3.05, 3.63) is 65.7 Å². The molecule has 1 heterocycles. The molecule has 2 aromatic rings. The largest absolute Gasteiger partial charge is 0.426 e. The van der Waals surface area contributed by atoms with Crippen LogP contribution in [0.5, 0.6) is 5.75 Å². The highest BCUT2D eigenvalue weighted by Gasteiger charge is 2.28. The molecule has 1 aliphatic rings. The number of esters is 1. The van der Waals surface area contributed by atoms with Crippen LogP contribution in [0, 0.1) is 0 Å². The Balaban J connectivity index is 1.52. The van der Waals surface area contributed by atoms with Gasteiger partial charge in [0, 0.05) is 16.4 Å². The van der Waals surface area contributed by atoms with Crippen molar-refractivity contribution >= 4 is 33.4 Å². The van der Waals surface area contributed by atoms with Crippen molar-refractivity contribution in [2.75, 3.05) is 17.3 Å². The minimum atomic E-state index is -2.94. The number of benzene rings is 2. The Hall–Kier alpha value is -2.12. The molecule has 2 aromatic carbocycles. The van der Waals surface area contributed by atoms with E-state index in [0.29, 0.717) is 23.3 Å². The smallest absolute Gasteiger partial charge is 0.321 e. The van der Waals surface area contributed by atoms with Gasteiger partial charge in [-0.3, -0.25) is 9.59 Å². The van der Waals surface area contributed by atoms with Crippen LogP contribution in [0.4, 0.5) is 0 Å². The van der Waals surface area contributed by atoms with Crippen LogP contribution in [0.3, 0.4) is 0 Å². The number of carbonyl (C=O) groups excluding carboxylic acids is 2. The highest BCUT2D eigenvalue weighted by molar-refractivity contribution is 8.02. The molecule has 1 aliphatic heterocycles. The topological polar surface area (TPSA) is 77.5 Å². The van der Waals surface area contributed by atoms with E-state index in [1.807, 2.05) is 6.07 Å². The zero-order valence-electron chi connectivity index (χ0n) is 14.0. The fourth-order valence-corrected chi connectivity index (χ4v) is 6.08. The molecule has 1 atom stereocenters. The second kappa shape index (κ2) is 8.05. The van der Waals surface area contributed by atoms with Gasteiger partial charge in [-0.2, -0.15) is 0 Å². The predicted molar refractivity (Wildman–Crippen MR) is 101 cm³/mol. The SMILES string of the molecule is O=C(CS[C@@H]1CCS(=O)(=O)C1)Oc1ccc(C(=O)c2ccccc2)cc1. The van der Waals surface area contributed by atoms with Gasteiger partial charge < -0.3 is 4.74 Å². The maximum Gasteiger partial charge on any atom is 0.321 e. The van der Waals surface area contributed by atoms with Gasteiger partial charge in [0.25, 0.3) is 0 Å². The summed E-state index contributed by atoms with van der Waals surface area (Å²) in [5.74, 6) is 0.255. The third-order valence-corrected chi connectivity index (χ3v) is 7.27. The monoisotopic (exact) mass is 390 g/mol. The van der Waals surface area contributed by atoms with E-state index in [4.69, 9.17) is 4.74 Å². The first-order valence-corrected chi connectivity index (χ1v) is 11.0. The average molecular weight is 390 g/mol. The summed E-state index contributed by atoms with van der Waals surface area (Å²) >= 11 is 1.31. The lowest BCUT2D eigenvalue weighted by atomic mass is 10.0. The summed E-state index contributed by atoms with van der Waals surface area (Å²) in [7, 11) is -2.94. The van der Waals surface area contributed by atoms with E-state index >= 15 is 0 Å². The van der Waals surface area contributed by atoms with E-state index in [9.17, 15) is 18.0 Å². The van der Waals surface area contributed by atoms with Crippen LogP contribution in [-0.2, 0) is 14.6 Å². The summed E-state index contributed by atoms with van der Waals surface area (Å²) in [5.41, 5.74) is 1.11. The molecule has 0 aromatic heterocycles. The van der Waals surface area contributed by atoms with Crippen LogP contribution in [0.1, 0.15) is 22.3 Å². The quantitative estimate of drug-likeness (QED) is 0.429. The zero-order chi connectivity index (χ0) is 18.6. The van der Waals surface area contributed by atoms with Gasteiger partial charge in [-0.25, -0.2) is 8.42 Å². The summed E-state index contributed by atoms with van der Waals surface area (Å²) in [5, 5.41) is -0.0431. The fourth-order valence-electron chi connectivity index (χ4n) is 2.67. The second-order valence-electron chi connectivity index (χ2n) is 6.03. The number of ether oxygens (including phenoxy) is 1. The number of hydrogen-bond acceptors (Lipinski definition) is 6. The summed E-state index contributed by atoms with van der Waals surface area (Å²) in [6.45, 7) is 0. The summed E-state index contributed by atoms with van der Waals surface area (Å²) in [6, 6.07) is 15.3. The minimum Gasteiger partial charge on any atom is -0.426 e. The van der Waals surface area contributed by atoms with Gasteiger partial charge in [0.2, 0.25) is 0 Å². The lowest BCUT2D eigenvalue weighted by Crippen LogP contribution is -2.15. The first kappa shape index (κ1) is 18.7. The van der Waals surface area contributed by atoms with E-state index in [2.05, 4.69) is 0 Å². The van der Waals surface area contributed by atoms with Gasteiger partial charge in [-0.05, 0) is 30.7 Å². The molecular formula is C19H18O5S2.